The molecule has 0 unspecified atom stereocenters. The van der Waals surface area contributed by atoms with Crippen molar-refractivity contribution in [3.63, 3.8) is 0 Å². The molecule has 10 heteroatoms. The minimum atomic E-state index is -3.20. The van der Waals surface area contributed by atoms with Crippen LogP contribution >= 0.6 is 0 Å². The lowest BCUT2D eigenvalue weighted by atomic mass is 10.0. The molecule has 1 aromatic heterocycles. The largest absolute Gasteiger partial charge is 0.321 e. The zero-order chi connectivity index (χ0) is 20.6. The molecular weight excluding hydrogens is 388 g/mol. The van der Waals surface area contributed by atoms with Gasteiger partial charge in [-0.1, -0.05) is 18.2 Å². The van der Waals surface area contributed by atoms with Gasteiger partial charge in [0.05, 0.1) is 0 Å². The van der Waals surface area contributed by atoms with Crippen molar-refractivity contribution in [1.29, 1.82) is 0 Å². The van der Waals surface area contributed by atoms with E-state index < -0.39 is 47.0 Å². The van der Waals surface area contributed by atoms with Crippen molar-refractivity contribution >= 4 is 11.6 Å². The Morgan fingerprint density at radius 1 is 1.07 bits per heavy atom. The number of aryl methyl sites for hydroxylation is 1. The molecule has 0 aliphatic rings. The molecule has 3 aromatic rings. The molecule has 0 saturated heterocycles. The molecule has 0 aliphatic carbocycles. The number of anilines is 1. The molecule has 1 amide bonds. The minimum absolute atomic E-state index is 0.0543. The highest BCUT2D eigenvalue weighted by Gasteiger charge is 2.29. The summed E-state index contributed by atoms with van der Waals surface area (Å²) in [5.41, 5.74) is -2.11. The van der Waals surface area contributed by atoms with Crippen LogP contribution in [0.15, 0.2) is 36.4 Å². The molecule has 0 atom stereocenters. The molecule has 2 aromatic carbocycles. The normalized spacial score (nSPS) is 11.1. The van der Waals surface area contributed by atoms with Gasteiger partial charge in [0.1, 0.15) is 11.3 Å². The van der Waals surface area contributed by atoms with E-state index in [0.29, 0.717) is 16.8 Å². The highest BCUT2D eigenvalue weighted by molar-refractivity contribution is 6.07. The van der Waals surface area contributed by atoms with Gasteiger partial charge in [0.15, 0.2) is 17.5 Å². The average Bonchev–Trinajstić information content (AvgIpc) is 2.95. The predicted molar refractivity (Wildman–Crippen MR) is 87.8 cm³/mol. The summed E-state index contributed by atoms with van der Waals surface area (Å²) in [6.45, 7) is 0. The van der Waals surface area contributed by atoms with Crippen molar-refractivity contribution in [3.05, 3.63) is 71.1 Å². The zero-order valence-electron chi connectivity index (χ0n) is 14.1. The van der Waals surface area contributed by atoms with Crippen molar-refractivity contribution in [2.75, 3.05) is 5.32 Å². The second-order valence-corrected chi connectivity index (χ2v) is 5.73. The van der Waals surface area contributed by atoms with E-state index in [9.17, 15) is 31.1 Å². The van der Waals surface area contributed by atoms with E-state index in [4.69, 9.17) is 0 Å². The summed E-state index contributed by atoms with van der Waals surface area (Å²) >= 11 is 0. The number of benzene rings is 2. The molecule has 1 N–H and O–H groups in total. The molecule has 28 heavy (non-hydrogen) atoms. The van der Waals surface area contributed by atoms with Gasteiger partial charge in [0.25, 0.3) is 12.3 Å². The smallest absolute Gasteiger partial charge is 0.283 e. The third-order valence-corrected chi connectivity index (χ3v) is 3.91. The number of hydrogen-bond donors (Lipinski definition) is 1. The summed E-state index contributed by atoms with van der Waals surface area (Å²) in [7, 11) is 1.05. The molecule has 3 rings (SSSR count). The predicted octanol–water partition coefficient (Wildman–Crippen LogP) is 4.83. The number of aromatic nitrogens is 2. The number of alkyl halides is 2. The Kier molecular flexibility index (Phi) is 5.12. The second-order valence-electron chi connectivity index (χ2n) is 5.73. The zero-order valence-corrected chi connectivity index (χ0v) is 14.1. The van der Waals surface area contributed by atoms with Crippen LogP contribution in [0.4, 0.5) is 32.0 Å². The lowest BCUT2D eigenvalue weighted by molar-refractivity contribution is 0.100. The van der Waals surface area contributed by atoms with Crippen molar-refractivity contribution in [2.45, 2.75) is 6.43 Å². The van der Waals surface area contributed by atoms with Gasteiger partial charge in [-0.3, -0.25) is 4.79 Å². The Morgan fingerprint density at radius 2 is 1.68 bits per heavy atom. The monoisotopic (exact) mass is 399 g/mol. The molecule has 0 radical (unpaired) electrons. The van der Waals surface area contributed by atoms with Crippen LogP contribution in [0.25, 0.3) is 11.1 Å². The van der Waals surface area contributed by atoms with Crippen LogP contribution in [-0.2, 0) is 7.05 Å². The van der Waals surface area contributed by atoms with Gasteiger partial charge < -0.3 is 5.32 Å². The number of nitrogens with zero attached hydrogens (tertiary/aromatic N) is 2. The SMILES string of the molecule is Cn1nc(C(F)F)c(C(=O)Nc2ccccc2-c2cc(F)c(F)c(F)c2)c1F. The molecule has 0 aliphatic heterocycles. The first kappa shape index (κ1) is 19.5. The number of carbonyl (C=O) groups is 1. The summed E-state index contributed by atoms with van der Waals surface area (Å²) in [5.74, 6) is -7.06. The fourth-order valence-corrected chi connectivity index (χ4v) is 2.63. The molecular formula is C18H11F6N3O. The van der Waals surface area contributed by atoms with Gasteiger partial charge in [-0.15, -0.1) is 0 Å². The topological polar surface area (TPSA) is 46.9 Å². The maximum atomic E-state index is 14.1. The van der Waals surface area contributed by atoms with Crippen molar-refractivity contribution in [2.24, 2.45) is 7.05 Å². The van der Waals surface area contributed by atoms with Crippen molar-refractivity contribution in [1.82, 2.24) is 9.78 Å². The van der Waals surface area contributed by atoms with E-state index in [-0.39, 0.29) is 16.8 Å². The van der Waals surface area contributed by atoms with Crippen LogP contribution < -0.4 is 5.32 Å². The van der Waals surface area contributed by atoms with Gasteiger partial charge in [0.2, 0.25) is 5.95 Å². The Balaban J connectivity index is 2.03. The van der Waals surface area contributed by atoms with Crippen LogP contribution in [0, 0.1) is 23.4 Å². The summed E-state index contributed by atoms with van der Waals surface area (Å²) in [4.78, 5) is 12.4. The maximum Gasteiger partial charge on any atom is 0.283 e. The Bertz CT molecular complexity index is 1040. The number of hydrogen-bond acceptors (Lipinski definition) is 2. The number of rotatable bonds is 4. The number of halogens is 6. The summed E-state index contributed by atoms with van der Waals surface area (Å²) in [6.07, 6.45) is -3.20. The van der Waals surface area contributed by atoms with Crippen LogP contribution in [0.2, 0.25) is 0 Å². The van der Waals surface area contributed by atoms with Crippen LogP contribution in [0.1, 0.15) is 22.5 Å². The van der Waals surface area contributed by atoms with Crippen LogP contribution in [0.3, 0.4) is 0 Å². The molecule has 0 saturated carbocycles. The van der Waals surface area contributed by atoms with Crippen LogP contribution in [-0.4, -0.2) is 15.7 Å². The van der Waals surface area contributed by atoms with E-state index in [1.165, 1.54) is 24.3 Å². The number of carbonyl (C=O) groups excluding carboxylic acids is 1. The highest BCUT2D eigenvalue weighted by atomic mass is 19.3. The summed E-state index contributed by atoms with van der Waals surface area (Å²) in [6, 6.07) is 7.00. The first-order valence-corrected chi connectivity index (χ1v) is 7.76. The third kappa shape index (κ3) is 3.45. The number of nitrogens with one attached hydrogen (secondary N) is 1. The van der Waals surface area contributed by atoms with Gasteiger partial charge >= 0.3 is 0 Å². The number of amides is 1. The average molecular weight is 399 g/mol. The minimum Gasteiger partial charge on any atom is -0.321 e. The van der Waals surface area contributed by atoms with Crippen LogP contribution in [0.5, 0.6) is 0 Å². The summed E-state index contributed by atoms with van der Waals surface area (Å²) in [5, 5.41) is 5.50. The Hall–Kier alpha value is -3.30. The maximum absolute atomic E-state index is 14.1. The fourth-order valence-electron chi connectivity index (χ4n) is 2.63. The molecule has 0 bridgehead atoms. The quantitative estimate of drug-likeness (QED) is 0.505. The van der Waals surface area contributed by atoms with E-state index in [1.807, 2.05) is 0 Å². The van der Waals surface area contributed by atoms with Gasteiger partial charge in [-0.25, -0.2) is 26.6 Å². The standard InChI is InChI=1S/C18H11F6N3O/c1-27-17(24)13(15(26-27)16(22)23)18(28)25-12-5-3-2-4-9(12)8-6-10(19)14(21)11(20)7-8/h2-7,16H,1H3,(H,25,28). The lowest BCUT2D eigenvalue weighted by Gasteiger charge is -2.12. The van der Waals surface area contributed by atoms with E-state index in [1.54, 1.807) is 0 Å². The molecule has 0 spiro atoms. The Labute approximate surface area is 154 Å². The van der Waals surface area contributed by atoms with E-state index in [0.717, 1.165) is 7.05 Å². The van der Waals surface area contributed by atoms with Gasteiger partial charge in [-0.2, -0.15) is 9.49 Å². The molecule has 146 valence electrons. The number of para-hydroxylation sites is 1. The summed E-state index contributed by atoms with van der Waals surface area (Å²) < 4.78 is 80.9. The molecule has 1 heterocycles. The van der Waals surface area contributed by atoms with E-state index >= 15 is 0 Å². The van der Waals surface area contributed by atoms with Gasteiger partial charge in [-0.05, 0) is 23.8 Å². The molecule has 0 fully saturated rings. The highest BCUT2D eigenvalue weighted by Crippen LogP contribution is 2.31. The first-order chi connectivity index (χ1) is 13.2. The first-order valence-electron chi connectivity index (χ1n) is 7.76. The lowest BCUT2D eigenvalue weighted by Crippen LogP contribution is -2.16. The van der Waals surface area contributed by atoms with Crippen molar-refractivity contribution < 1.29 is 31.1 Å². The van der Waals surface area contributed by atoms with E-state index in [2.05, 4.69) is 10.4 Å². The fraction of sp³-hybridized carbons (Fsp3) is 0.111. The van der Waals surface area contributed by atoms with Crippen molar-refractivity contribution in [3.8, 4) is 11.1 Å². The third-order valence-electron chi connectivity index (χ3n) is 3.91. The Morgan fingerprint density at radius 3 is 2.29 bits per heavy atom. The molecule has 4 nitrogen and oxygen atoms in total. The second kappa shape index (κ2) is 7.37. The van der Waals surface area contributed by atoms with Gasteiger partial charge in [0, 0.05) is 18.3 Å².